The standard InChI is InChI=1S/C23H25BrN2O4/c1-3-5-19-20(22(27)29-4-2)21(26-23(28)25-19)16-8-12-18(13-9-16)30-14-15-6-10-17(24)11-7-15/h6-13,21H,3-5,14H2,1-2H3,(H2,25,26,28). The number of carbonyl (C=O) groups excluding carboxylic acids is 2. The Morgan fingerprint density at radius 1 is 1.07 bits per heavy atom. The zero-order valence-electron chi connectivity index (χ0n) is 17.0. The quantitative estimate of drug-likeness (QED) is 0.530. The molecule has 0 aliphatic carbocycles. The first kappa shape index (κ1) is 21.9. The van der Waals surface area contributed by atoms with Crippen molar-refractivity contribution in [3.05, 3.63) is 75.4 Å². The van der Waals surface area contributed by atoms with Gasteiger partial charge in [0.25, 0.3) is 0 Å². The first-order chi connectivity index (χ1) is 14.5. The number of urea groups is 1. The average molecular weight is 473 g/mol. The van der Waals surface area contributed by atoms with Crippen LogP contribution in [-0.4, -0.2) is 18.6 Å². The van der Waals surface area contributed by atoms with Crippen LogP contribution in [0.15, 0.2) is 64.3 Å². The second-order valence-electron chi connectivity index (χ2n) is 6.88. The van der Waals surface area contributed by atoms with Crippen molar-refractivity contribution in [1.82, 2.24) is 10.6 Å². The van der Waals surface area contributed by atoms with E-state index in [1.165, 1.54) is 0 Å². The number of rotatable bonds is 8. The summed E-state index contributed by atoms with van der Waals surface area (Å²) < 4.78 is 12.1. The van der Waals surface area contributed by atoms with Crippen LogP contribution in [0.3, 0.4) is 0 Å². The molecule has 0 fully saturated rings. The minimum absolute atomic E-state index is 0.269. The highest BCUT2D eigenvalue weighted by Gasteiger charge is 2.33. The smallest absolute Gasteiger partial charge is 0.338 e. The van der Waals surface area contributed by atoms with Crippen LogP contribution in [0.5, 0.6) is 5.75 Å². The SMILES string of the molecule is CCCC1=C(C(=O)OCC)C(c2ccc(OCc3ccc(Br)cc3)cc2)NC(=O)N1. The highest BCUT2D eigenvalue weighted by molar-refractivity contribution is 9.10. The number of carbonyl (C=O) groups is 2. The Balaban J connectivity index is 1.79. The molecule has 7 heteroatoms. The Morgan fingerprint density at radius 3 is 2.40 bits per heavy atom. The van der Waals surface area contributed by atoms with Gasteiger partial charge in [0.1, 0.15) is 12.4 Å². The molecule has 2 aromatic carbocycles. The lowest BCUT2D eigenvalue weighted by atomic mass is 9.94. The summed E-state index contributed by atoms with van der Waals surface area (Å²) in [5, 5.41) is 5.60. The molecule has 0 saturated carbocycles. The number of esters is 1. The summed E-state index contributed by atoms with van der Waals surface area (Å²) in [5.74, 6) is 0.284. The molecule has 0 aromatic heterocycles. The van der Waals surface area contributed by atoms with Crippen LogP contribution < -0.4 is 15.4 Å². The molecule has 1 aliphatic heterocycles. The molecule has 30 heavy (non-hydrogen) atoms. The second kappa shape index (κ2) is 10.3. The van der Waals surface area contributed by atoms with Gasteiger partial charge in [-0.15, -0.1) is 0 Å². The first-order valence-electron chi connectivity index (χ1n) is 9.96. The van der Waals surface area contributed by atoms with Gasteiger partial charge in [-0.25, -0.2) is 9.59 Å². The molecule has 0 spiro atoms. The van der Waals surface area contributed by atoms with E-state index in [2.05, 4.69) is 26.6 Å². The van der Waals surface area contributed by atoms with E-state index >= 15 is 0 Å². The molecule has 2 N–H and O–H groups in total. The van der Waals surface area contributed by atoms with E-state index in [-0.39, 0.29) is 12.6 Å². The van der Waals surface area contributed by atoms with Gasteiger partial charge in [0.15, 0.2) is 0 Å². The number of amides is 2. The van der Waals surface area contributed by atoms with E-state index in [1.807, 2.05) is 55.5 Å². The lowest BCUT2D eigenvalue weighted by Gasteiger charge is -2.29. The largest absolute Gasteiger partial charge is 0.489 e. The molecule has 6 nitrogen and oxygen atoms in total. The summed E-state index contributed by atoms with van der Waals surface area (Å²) >= 11 is 3.42. The van der Waals surface area contributed by atoms with Crippen molar-refractivity contribution in [3.63, 3.8) is 0 Å². The van der Waals surface area contributed by atoms with E-state index in [9.17, 15) is 9.59 Å². The van der Waals surface area contributed by atoms with Crippen molar-refractivity contribution >= 4 is 27.9 Å². The monoisotopic (exact) mass is 472 g/mol. The maximum atomic E-state index is 12.6. The molecular weight excluding hydrogens is 448 g/mol. The topological polar surface area (TPSA) is 76.7 Å². The molecule has 2 amide bonds. The molecule has 1 heterocycles. The van der Waals surface area contributed by atoms with Gasteiger partial charge in [-0.3, -0.25) is 0 Å². The molecule has 0 bridgehead atoms. The fourth-order valence-corrected chi connectivity index (χ4v) is 3.53. The van der Waals surface area contributed by atoms with Crippen LogP contribution in [-0.2, 0) is 16.1 Å². The number of nitrogens with one attached hydrogen (secondary N) is 2. The van der Waals surface area contributed by atoms with Crippen LogP contribution in [0.25, 0.3) is 0 Å². The lowest BCUT2D eigenvalue weighted by Crippen LogP contribution is -2.46. The van der Waals surface area contributed by atoms with Crippen molar-refractivity contribution < 1.29 is 19.1 Å². The Labute approximate surface area is 184 Å². The summed E-state index contributed by atoms with van der Waals surface area (Å²) in [7, 11) is 0. The highest BCUT2D eigenvalue weighted by Crippen LogP contribution is 2.30. The molecule has 2 aromatic rings. The number of hydrogen-bond donors (Lipinski definition) is 2. The molecule has 0 saturated heterocycles. The molecule has 3 rings (SSSR count). The molecule has 1 unspecified atom stereocenters. The van der Waals surface area contributed by atoms with Crippen molar-refractivity contribution in [3.8, 4) is 5.75 Å². The van der Waals surface area contributed by atoms with Crippen LogP contribution in [0.2, 0.25) is 0 Å². The summed E-state index contributed by atoms with van der Waals surface area (Å²) in [5.41, 5.74) is 2.91. The lowest BCUT2D eigenvalue weighted by molar-refractivity contribution is -0.139. The van der Waals surface area contributed by atoms with Crippen LogP contribution >= 0.6 is 15.9 Å². The van der Waals surface area contributed by atoms with E-state index in [0.717, 1.165) is 22.0 Å². The van der Waals surface area contributed by atoms with E-state index in [1.54, 1.807) is 6.92 Å². The van der Waals surface area contributed by atoms with Gasteiger partial charge in [0.2, 0.25) is 0 Å². The molecule has 0 radical (unpaired) electrons. The van der Waals surface area contributed by atoms with E-state index in [0.29, 0.717) is 30.0 Å². The van der Waals surface area contributed by atoms with Gasteiger partial charge in [-0.1, -0.05) is 53.5 Å². The van der Waals surface area contributed by atoms with Gasteiger partial charge in [0.05, 0.1) is 18.2 Å². The number of ether oxygens (including phenoxy) is 2. The van der Waals surface area contributed by atoms with Crippen LogP contribution in [0, 0.1) is 0 Å². The van der Waals surface area contributed by atoms with Crippen molar-refractivity contribution in [2.75, 3.05) is 6.61 Å². The summed E-state index contributed by atoms with van der Waals surface area (Å²) in [4.78, 5) is 24.8. The Morgan fingerprint density at radius 2 is 1.77 bits per heavy atom. The van der Waals surface area contributed by atoms with E-state index < -0.39 is 12.0 Å². The molecule has 158 valence electrons. The van der Waals surface area contributed by atoms with Crippen LogP contribution in [0.1, 0.15) is 43.9 Å². The predicted molar refractivity (Wildman–Crippen MR) is 118 cm³/mol. The normalized spacial score (nSPS) is 16.0. The summed E-state index contributed by atoms with van der Waals surface area (Å²) in [6.45, 7) is 4.48. The Hall–Kier alpha value is -2.80. The first-order valence-corrected chi connectivity index (χ1v) is 10.8. The number of halogens is 1. The second-order valence-corrected chi connectivity index (χ2v) is 7.79. The summed E-state index contributed by atoms with van der Waals surface area (Å²) in [6.07, 6.45) is 1.39. The van der Waals surface area contributed by atoms with Crippen molar-refractivity contribution in [1.29, 1.82) is 0 Å². The number of hydrogen-bond acceptors (Lipinski definition) is 4. The average Bonchev–Trinajstić information content (AvgIpc) is 2.74. The molecule has 1 atom stereocenters. The maximum Gasteiger partial charge on any atom is 0.338 e. The summed E-state index contributed by atoms with van der Waals surface area (Å²) in [6, 6.07) is 14.4. The number of allylic oxidation sites excluding steroid dienone is 1. The highest BCUT2D eigenvalue weighted by atomic mass is 79.9. The fourth-order valence-electron chi connectivity index (χ4n) is 3.27. The van der Waals surface area contributed by atoms with Gasteiger partial charge in [-0.05, 0) is 48.7 Å². The van der Waals surface area contributed by atoms with Gasteiger partial charge < -0.3 is 20.1 Å². The van der Waals surface area contributed by atoms with Gasteiger partial charge >= 0.3 is 12.0 Å². The third kappa shape index (κ3) is 5.42. The van der Waals surface area contributed by atoms with Crippen molar-refractivity contribution in [2.24, 2.45) is 0 Å². The molecule has 1 aliphatic rings. The van der Waals surface area contributed by atoms with Gasteiger partial charge in [-0.2, -0.15) is 0 Å². The predicted octanol–water partition coefficient (Wildman–Crippen LogP) is 5.00. The fraction of sp³-hybridized carbons (Fsp3) is 0.304. The zero-order valence-corrected chi connectivity index (χ0v) is 18.6. The Kier molecular flexibility index (Phi) is 7.52. The number of benzene rings is 2. The van der Waals surface area contributed by atoms with E-state index in [4.69, 9.17) is 9.47 Å². The van der Waals surface area contributed by atoms with Crippen molar-refractivity contribution in [2.45, 2.75) is 39.3 Å². The minimum atomic E-state index is -0.570. The van der Waals surface area contributed by atoms with Gasteiger partial charge in [0, 0.05) is 10.2 Å². The third-order valence-corrected chi connectivity index (χ3v) is 5.21. The van der Waals surface area contributed by atoms with Crippen LogP contribution in [0.4, 0.5) is 4.79 Å². The minimum Gasteiger partial charge on any atom is -0.489 e. The zero-order chi connectivity index (χ0) is 21.5. The third-order valence-electron chi connectivity index (χ3n) is 4.68. The maximum absolute atomic E-state index is 12.6. The molecular formula is C23H25BrN2O4. The Bertz CT molecular complexity index is 923.